The monoisotopic (exact) mass is 404 g/mol. The van der Waals surface area contributed by atoms with Crippen molar-refractivity contribution in [1.82, 2.24) is 0 Å². The van der Waals surface area contributed by atoms with Crippen LogP contribution in [0.2, 0.25) is 0 Å². The van der Waals surface area contributed by atoms with Crippen LogP contribution in [0.3, 0.4) is 0 Å². The van der Waals surface area contributed by atoms with Gasteiger partial charge in [0.05, 0.1) is 0 Å². The molecule has 0 saturated heterocycles. The van der Waals surface area contributed by atoms with E-state index in [0.29, 0.717) is 0 Å². The second-order valence-electron chi connectivity index (χ2n) is 9.29. The van der Waals surface area contributed by atoms with Crippen LogP contribution in [0.5, 0.6) is 0 Å². The molecule has 0 spiro atoms. The smallest absolute Gasteiger partial charge is 0.0351 e. The molecule has 172 valence electrons. The summed E-state index contributed by atoms with van der Waals surface area (Å²) in [6.07, 6.45) is 36.6. The number of allylic oxidation sites excluding steroid dienone is 2. The van der Waals surface area contributed by atoms with E-state index in [1.807, 2.05) is 0 Å². The molecule has 0 aliphatic carbocycles. The van der Waals surface area contributed by atoms with E-state index in [9.17, 15) is 0 Å². The highest BCUT2D eigenvalue weighted by Gasteiger charge is 2.07. The molecule has 0 aliphatic heterocycles. The third kappa shape index (κ3) is 23.9. The van der Waals surface area contributed by atoms with Gasteiger partial charge in [-0.15, -0.1) is 0 Å². The summed E-state index contributed by atoms with van der Waals surface area (Å²) in [4.78, 5) is 0. The quantitative estimate of drug-likeness (QED) is 0.111. The molecule has 0 saturated carbocycles. The van der Waals surface area contributed by atoms with Gasteiger partial charge in [0.25, 0.3) is 0 Å². The van der Waals surface area contributed by atoms with Gasteiger partial charge in [0.15, 0.2) is 0 Å². The zero-order valence-corrected chi connectivity index (χ0v) is 20.4. The van der Waals surface area contributed by atoms with E-state index in [0.717, 1.165) is 18.8 Å². The standard InChI is InChI=1S/C29H56/c1-4-7-10-11-12-13-14-15-16-17-18-19-20-21-22-23-25-28-29(26-9-6-3)27-24-8-5-2/h11-12,29H,1-2,4-10,13-28H2,3H3. The molecular formula is C29H56. The molecule has 0 heteroatoms. The van der Waals surface area contributed by atoms with E-state index in [1.54, 1.807) is 0 Å². The Balaban J connectivity index is 3.33. The molecule has 0 aromatic rings. The minimum atomic E-state index is 1.01. The summed E-state index contributed by atoms with van der Waals surface area (Å²) in [6, 6.07) is 0. The first-order valence-electron chi connectivity index (χ1n) is 13.6. The van der Waals surface area contributed by atoms with Gasteiger partial charge in [0, 0.05) is 0 Å². The van der Waals surface area contributed by atoms with Crippen molar-refractivity contribution in [3.05, 3.63) is 26.0 Å². The Labute approximate surface area is 186 Å². The molecule has 0 amide bonds. The van der Waals surface area contributed by atoms with Crippen molar-refractivity contribution >= 4 is 0 Å². The lowest BCUT2D eigenvalue weighted by molar-refractivity contribution is 0.374. The molecule has 0 N–H and O–H groups in total. The fraction of sp³-hybridized carbons (Fsp3) is 0.862. The van der Waals surface area contributed by atoms with Crippen LogP contribution in [0, 0.1) is 19.8 Å². The zero-order chi connectivity index (χ0) is 21.3. The molecule has 1 atom stereocenters. The largest absolute Gasteiger partial charge is 0.0885 e. The maximum Gasteiger partial charge on any atom is -0.0351 e. The van der Waals surface area contributed by atoms with E-state index in [2.05, 4.69) is 32.9 Å². The van der Waals surface area contributed by atoms with Gasteiger partial charge in [0.2, 0.25) is 0 Å². The molecule has 0 heterocycles. The first kappa shape index (κ1) is 28.7. The van der Waals surface area contributed by atoms with Gasteiger partial charge < -0.3 is 0 Å². The normalized spacial score (nSPS) is 12.8. The maximum atomic E-state index is 3.99. The Bertz CT molecular complexity index is 303. The van der Waals surface area contributed by atoms with Crippen molar-refractivity contribution in [3.63, 3.8) is 0 Å². The lowest BCUT2D eigenvalue weighted by Crippen LogP contribution is -2.01. The van der Waals surface area contributed by atoms with Gasteiger partial charge in [-0.2, -0.15) is 0 Å². The summed E-state index contributed by atoms with van der Waals surface area (Å²) in [5.74, 6) is 1.01. The lowest BCUT2D eigenvalue weighted by atomic mass is 9.90. The summed E-state index contributed by atoms with van der Waals surface area (Å²) in [5, 5.41) is 0. The summed E-state index contributed by atoms with van der Waals surface area (Å²) in [5.41, 5.74) is 0. The van der Waals surface area contributed by atoms with Gasteiger partial charge >= 0.3 is 0 Å². The zero-order valence-electron chi connectivity index (χ0n) is 20.4. The molecule has 0 fully saturated rings. The Morgan fingerprint density at radius 2 is 0.897 bits per heavy atom. The second kappa shape index (κ2) is 25.8. The Morgan fingerprint density at radius 3 is 1.41 bits per heavy atom. The molecular weight excluding hydrogens is 348 g/mol. The minimum absolute atomic E-state index is 1.01. The van der Waals surface area contributed by atoms with Crippen molar-refractivity contribution in [2.24, 2.45) is 5.92 Å². The number of rotatable bonds is 24. The highest BCUT2D eigenvalue weighted by molar-refractivity contribution is 4.81. The fourth-order valence-electron chi connectivity index (χ4n) is 4.32. The van der Waals surface area contributed by atoms with Gasteiger partial charge in [-0.3, -0.25) is 0 Å². The summed E-state index contributed by atoms with van der Waals surface area (Å²) in [7, 11) is 0. The number of unbranched alkanes of at least 4 members (excludes halogenated alkanes) is 16. The molecule has 29 heavy (non-hydrogen) atoms. The van der Waals surface area contributed by atoms with Crippen LogP contribution >= 0.6 is 0 Å². The molecule has 2 radical (unpaired) electrons. The molecule has 0 aromatic heterocycles. The average Bonchev–Trinajstić information content (AvgIpc) is 2.73. The third-order valence-electron chi connectivity index (χ3n) is 6.35. The predicted molar refractivity (Wildman–Crippen MR) is 135 cm³/mol. The second-order valence-corrected chi connectivity index (χ2v) is 9.29. The Hall–Kier alpha value is -0.260. The first-order valence-corrected chi connectivity index (χ1v) is 13.6. The van der Waals surface area contributed by atoms with E-state index < -0.39 is 0 Å². The fourth-order valence-corrected chi connectivity index (χ4v) is 4.32. The summed E-state index contributed by atoms with van der Waals surface area (Å²) >= 11 is 0. The predicted octanol–water partition coefficient (Wildman–Crippen LogP) is 10.8. The van der Waals surface area contributed by atoms with E-state index in [4.69, 9.17) is 0 Å². The Morgan fingerprint density at radius 1 is 0.483 bits per heavy atom. The van der Waals surface area contributed by atoms with Gasteiger partial charge in [0.1, 0.15) is 0 Å². The highest BCUT2D eigenvalue weighted by atomic mass is 14.1. The minimum Gasteiger partial charge on any atom is -0.0885 e. The highest BCUT2D eigenvalue weighted by Crippen LogP contribution is 2.23. The third-order valence-corrected chi connectivity index (χ3v) is 6.35. The Kier molecular flexibility index (Phi) is 25.5. The SMILES string of the molecule is [CH2]CCCC=CCCCCCCCCCCCCCC(CCCC)CCCC[CH2]. The molecule has 0 aromatic carbocycles. The molecule has 0 bridgehead atoms. The number of hydrogen-bond donors (Lipinski definition) is 0. The van der Waals surface area contributed by atoms with Crippen LogP contribution in [0.4, 0.5) is 0 Å². The van der Waals surface area contributed by atoms with Crippen LogP contribution in [-0.2, 0) is 0 Å². The van der Waals surface area contributed by atoms with Crippen LogP contribution in [0.15, 0.2) is 12.2 Å². The summed E-state index contributed by atoms with van der Waals surface area (Å²) in [6.45, 7) is 10.2. The van der Waals surface area contributed by atoms with Crippen molar-refractivity contribution < 1.29 is 0 Å². The van der Waals surface area contributed by atoms with Gasteiger partial charge in [-0.1, -0.05) is 155 Å². The van der Waals surface area contributed by atoms with Crippen LogP contribution < -0.4 is 0 Å². The maximum absolute atomic E-state index is 3.99. The molecule has 0 nitrogen and oxygen atoms in total. The molecule has 0 aliphatic rings. The van der Waals surface area contributed by atoms with Crippen molar-refractivity contribution in [1.29, 1.82) is 0 Å². The lowest BCUT2D eigenvalue weighted by Gasteiger charge is -2.16. The average molecular weight is 405 g/mol. The van der Waals surface area contributed by atoms with Crippen LogP contribution in [0.1, 0.15) is 155 Å². The van der Waals surface area contributed by atoms with Gasteiger partial charge in [-0.25, -0.2) is 0 Å². The van der Waals surface area contributed by atoms with Crippen LogP contribution in [0.25, 0.3) is 0 Å². The van der Waals surface area contributed by atoms with Crippen LogP contribution in [-0.4, -0.2) is 0 Å². The van der Waals surface area contributed by atoms with E-state index in [-0.39, 0.29) is 0 Å². The summed E-state index contributed by atoms with van der Waals surface area (Å²) < 4.78 is 0. The van der Waals surface area contributed by atoms with E-state index >= 15 is 0 Å². The number of hydrogen-bond acceptors (Lipinski definition) is 0. The van der Waals surface area contributed by atoms with Crippen molar-refractivity contribution in [3.8, 4) is 0 Å². The van der Waals surface area contributed by atoms with Gasteiger partial charge in [-0.05, 0) is 31.6 Å². The molecule has 0 rings (SSSR count). The van der Waals surface area contributed by atoms with Crippen molar-refractivity contribution in [2.75, 3.05) is 0 Å². The van der Waals surface area contributed by atoms with Crippen molar-refractivity contribution in [2.45, 2.75) is 155 Å². The van der Waals surface area contributed by atoms with E-state index in [1.165, 1.54) is 135 Å². The topological polar surface area (TPSA) is 0 Å². The first-order chi connectivity index (χ1) is 14.3. The molecule has 1 unspecified atom stereocenters.